The number of pyridine rings is 1. The molecule has 3 rings (SSSR count). The van der Waals surface area contributed by atoms with Crippen molar-refractivity contribution in [1.82, 2.24) is 19.9 Å². The number of hydrogen-bond donors (Lipinski definition) is 4. The maximum absolute atomic E-state index is 10.9. The third-order valence-electron chi connectivity index (χ3n) is 4.21. The van der Waals surface area contributed by atoms with E-state index in [1.54, 1.807) is 12.3 Å². The smallest absolute Gasteiger partial charge is 0.215 e. The van der Waals surface area contributed by atoms with Gasteiger partial charge in [-0.1, -0.05) is 20.3 Å². The molecule has 0 saturated carbocycles. The molecule has 3 heterocycles. The van der Waals surface area contributed by atoms with Crippen LogP contribution in [-0.2, 0) is 18.6 Å². The van der Waals surface area contributed by atoms with Crippen LogP contribution in [0, 0.1) is 0 Å². The Labute approximate surface area is 178 Å². The Morgan fingerprint density at radius 1 is 1.07 bits per heavy atom. The van der Waals surface area contributed by atoms with Crippen LogP contribution in [0.5, 0.6) is 5.88 Å². The van der Waals surface area contributed by atoms with E-state index in [-0.39, 0.29) is 29.6 Å². The normalized spacial score (nSPS) is 11.6. The molecule has 10 heteroatoms. The van der Waals surface area contributed by atoms with Crippen LogP contribution < -0.4 is 16.2 Å². The first kappa shape index (κ1) is 21.9. The number of ether oxygens (including phenoxy) is 1. The molecule has 0 amide bonds. The molecule has 0 aromatic carbocycles. The van der Waals surface area contributed by atoms with E-state index in [1.807, 2.05) is 19.9 Å². The number of hydrogen-bond acceptors (Lipinski definition) is 10. The fraction of sp³-hybridized carbons (Fsp3) is 0.400. The molecule has 0 bridgehead atoms. The Morgan fingerprint density at radius 3 is 2.47 bits per heavy atom. The molecular formula is C20H26N6O3S. The Hall–Kier alpha value is -2.82. The van der Waals surface area contributed by atoms with E-state index in [0.717, 1.165) is 23.3 Å². The average Bonchev–Trinajstić information content (AvgIpc) is 3.11. The molecule has 0 radical (unpaired) electrons. The maximum atomic E-state index is 10.9. The van der Waals surface area contributed by atoms with Gasteiger partial charge in [-0.3, -0.25) is 0 Å². The van der Waals surface area contributed by atoms with Gasteiger partial charge in [-0.2, -0.15) is 0 Å². The lowest BCUT2D eigenvalue weighted by atomic mass is 10.1. The zero-order chi connectivity index (χ0) is 21.7. The van der Waals surface area contributed by atoms with Gasteiger partial charge in [0, 0.05) is 28.8 Å². The highest BCUT2D eigenvalue weighted by atomic mass is 32.1. The van der Waals surface area contributed by atoms with E-state index >= 15 is 0 Å². The van der Waals surface area contributed by atoms with Crippen LogP contribution in [0.25, 0.3) is 10.6 Å². The lowest BCUT2D eigenvalue weighted by molar-refractivity contribution is -0.172. The number of aromatic nitrogens is 4. The van der Waals surface area contributed by atoms with Gasteiger partial charge in [-0.05, 0) is 18.9 Å². The Kier molecular flexibility index (Phi) is 6.80. The van der Waals surface area contributed by atoms with Crippen molar-refractivity contribution in [2.24, 2.45) is 0 Å². The van der Waals surface area contributed by atoms with Gasteiger partial charge in [-0.15, -0.1) is 11.3 Å². The summed E-state index contributed by atoms with van der Waals surface area (Å²) < 4.78 is 5.60. The molecule has 160 valence electrons. The molecule has 0 saturated heterocycles. The molecule has 0 unspecified atom stereocenters. The number of anilines is 2. The van der Waals surface area contributed by atoms with Crippen molar-refractivity contribution in [3.63, 3.8) is 0 Å². The second-order valence-corrected chi connectivity index (χ2v) is 7.98. The molecule has 3 aromatic heterocycles. The van der Waals surface area contributed by atoms with Crippen LogP contribution in [0.2, 0.25) is 0 Å². The fourth-order valence-electron chi connectivity index (χ4n) is 2.93. The number of rotatable bonds is 9. The topological polar surface area (TPSA) is 153 Å². The van der Waals surface area contributed by atoms with Gasteiger partial charge in [-0.25, -0.2) is 19.9 Å². The van der Waals surface area contributed by atoms with Gasteiger partial charge in [0.1, 0.15) is 28.2 Å². The SMILES string of the molecule is CCCOc1cc(-c2nc(C(O)(O)Cc3nc(N)cc(N)n3)c(CCC)s2)ccn1. The number of nitrogens with zero attached hydrogens (tertiary/aromatic N) is 4. The van der Waals surface area contributed by atoms with Crippen LogP contribution in [-0.4, -0.2) is 36.8 Å². The third kappa shape index (κ3) is 5.21. The lowest BCUT2D eigenvalue weighted by Crippen LogP contribution is -2.30. The van der Waals surface area contributed by atoms with Crippen molar-refractivity contribution in [2.45, 2.75) is 45.3 Å². The highest BCUT2D eigenvalue weighted by Crippen LogP contribution is 2.35. The predicted molar refractivity (Wildman–Crippen MR) is 116 cm³/mol. The van der Waals surface area contributed by atoms with Gasteiger partial charge in [0.25, 0.3) is 0 Å². The first-order valence-electron chi connectivity index (χ1n) is 9.75. The molecule has 0 atom stereocenters. The van der Waals surface area contributed by atoms with Crippen LogP contribution in [0.15, 0.2) is 24.4 Å². The molecule has 0 aliphatic rings. The van der Waals surface area contributed by atoms with Crippen molar-refractivity contribution >= 4 is 23.0 Å². The van der Waals surface area contributed by atoms with E-state index in [9.17, 15) is 10.2 Å². The zero-order valence-corrected chi connectivity index (χ0v) is 17.8. The minimum Gasteiger partial charge on any atom is -0.478 e. The Bertz CT molecular complexity index is 988. The highest BCUT2D eigenvalue weighted by molar-refractivity contribution is 7.15. The van der Waals surface area contributed by atoms with Crippen molar-refractivity contribution < 1.29 is 14.9 Å². The molecule has 0 spiro atoms. The largest absolute Gasteiger partial charge is 0.478 e. The summed E-state index contributed by atoms with van der Waals surface area (Å²) in [5, 5.41) is 22.4. The van der Waals surface area contributed by atoms with E-state index < -0.39 is 5.79 Å². The Balaban J connectivity index is 1.95. The third-order valence-corrected chi connectivity index (χ3v) is 5.37. The number of nitrogens with two attached hydrogens (primary N) is 2. The van der Waals surface area contributed by atoms with Crippen LogP contribution in [0.1, 0.15) is 43.1 Å². The predicted octanol–water partition coefficient (Wildman–Crippen LogP) is 2.28. The van der Waals surface area contributed by atoms with Crippen molar-refractivity contribution in [2.75, 3.05) is 18.1 Å². The first-order chi connectivity index (χ1) is 14.3. The monoisotopic (exact) mass is 430 g/mol. The van der Waals surface area contributed by atoms with Gasteiger partial charge < -0.3 is 26.4 Å². The maximum Gasteiger partial charge on any atom is 0.215 e. The van der Waals surface area contributed by atoms with Crippen LogP contribution in [0.3, 0.4) is 0 Å². The van der Waals surface area contributed by atoms with E-state index in [0.29, 0.717) is 23.9 Å². The minimum atomic E-state index is -2.27. The molecule has 0 aliphatic carbocycles. The quantitative estimate of drug-likeness (QED) is 0.374. The summed E-state index contributed by atoms with van der Waals surface area (Å²) in [5.74, 6) is -1.30. The summed E-state index contributed by atoms with van der Waals surface area (Å²) >= 11 is 1.41. The van der Waals surface area contributed by atoms with Crippen molar-refractivity contribution in [3.05, 3.63) is 40.8 Å². The molecular weight excluding hydrogens is 404 g/mol. The lowest BCUT2D eigenvalue weighted by Gasteiger charge is -2.20. The molecule has 3 aromatic rings. The Morgan fingerprint density at radius 2 is 1.80 bits per heavy atom. The standard InChI is InChI=1S/C20H26N6O3S/c1-3-5-13-18(20(27,28)11-16-24-14(21)10-15(22)25-16)26-19(30-13)12-6-7-23-17(9-12)29-8-4-2/h6-7,9-10,27-28H,3-5,8,11H2,1-2H3,(H4,21,22,24,25). The fourth-order valence-corrected chi connectivity index (χ4v) is 4.16. The van der Waals surface area contributed by atoms with Crippen molar-refractivity contribution in [1.29, 1.82) is 0 Å². The summed E-state index contributed by atoms with van der Waals surface area (Å²) in [6.45, 7) is 4.61. The second kappa shape index (κ2) is 9.33. The summed E-state index contributed by atoms with van der Waals surface area (Å²) in [6.07, 6.45) is 3.72. The molecule has 0 fully saturated rings. The van der Waals surface area contributed by atoms with Gasteiger partial charge in [0.05, 0.1) is 13.0 Å². The van der Waals surface area contributed by atoms with E-state index in [1.165, 1.54) is 17.4 Å². The zero-order valence-electron chi connectivity index (χ0n) is 17.0. The number of thiazole rings is 1. The summed E-state index contributed by atoms with van der Waals surface area (Å²) in [4.78, 5) is 17.6. The molecule has 0 aliphatic heterocycles. The van der Waals surface area contributed by atoms with Gasteiger partial charge in [0.15, 0.2) is 0 Å². The van der Waals surface area contributed by atoms with Gasteiger partial charge >= 0.3 is 0 Å². The molecule has 9 nitrogen and oxygen atoms in total. The number of aliphatic hydroxyl groups is 2. The van der Waals surface area contributed by atoms with Crippen LogP contribution >= 0.6 is 11.3 Å². The number of aryl methyl sites for hydroxylation is 1. The van der Waals surface area contributed by atoms with E-state index in [4.69, 9.17) is 16.2 Å². The summed E-state index contributed by atoms with van der Waals surface area (Å²) in [6, 6.07) is 5.02. The van der Waals surface area contributed by atoms with Crippen LogP contribution in [0.4, 0.5) is 11.6 Å². The first-order valence-corrected chi connectivity index (χ1v) is 10.6. The second-order valence-electron chi connectivity index (χ2n) is 6.90. The highest BCUT2D eigenvalue weighted by Gasteiger charge is 2.34. The molecule has 30 heavy (non-hydrogen) atoms. The van der Waals surface area contributed by atoms with Gasteiger partial charge in [0.2, 0.25) is 11.7 Å². The van der Waals surface area contributed by atoms with E-state index in [2.05, 4.69) is 19.9 Å². The summed E-state index contributed by atoms with van der Waals surface area (Å²) in [5.41, 5.74) is 12.4. The minimum absolute atomic E-state index is 0.133. The summed E-state index contributed by atoms with van der Waals surface area (Å²) in [7, 11) is 0. The number of nitrogen functional groups attached to an aromatic ring is 2. The van der Waals surface area contributed by atoms with Crippen molar-refractivity contribution in [3.8, 4) is 16.5 Å². The average molecular weight is 431 g/mol. The molecule has 6 N–H and O–H groups in total.